The number of rotatable bonds is 9. The summed E-state index contributed by atoms with van der Waals surface area (Å²) in [6, 6.07) is 0.841. The van der Waals surface area contributed by atoms with Gasteiger partial charge in [-0.1, -0.05) is 13.3 Å². The molecule has 0 bridgehead atoms. The summed E-state index contributed by atoms with van der Waals surface area (Å²) >= 11 is 0. The van der Waals surface area contributed by atoms with Crippen molar-refractivity contribution in [1.82, 2.24) is 4.90 Å². The molecule has 0 saturated heterocycles. The van der Waals surface area contributed by atoms with Crippen molar-refractivity contribution in [1.29, 1.82) is 0 Å². The zero-order valence-corrected chi connectivity index (χ0v) is 12.9. The Hall–Kier alpha value is -0.160. The molecular formula is C15H32N2O2. The molecule has 114 valence electrons. The van der Waals surface area contributed by atoms with Gasteiger partial charge in [-0.05, 0) is 31.6 Å². The third kappa shape index (κ3) is 5.78. The van der Waals surface area contributed by atoms with E-state index in [2.05, 4.69) is 11.8 Å². The predicted molar refractivity (Wildman–Crippen MR) is 79.3 cm³/mol. The molecule has 1 saturated carbocycles. The largest absolute Gasteiger partial charge is 0.385 e. The normalized spacial score (nSPS) is 27.9. The average Bonchev–Trinajstić information content (AvgIpc) is 2.43. The lowest BCUT2D eigenvalue weighted by atomic mass is 9.80. The van der Waals surface area contributed by atoms with Crippen molar-refractivity contribution in [2.75, 3.05) is 40.5 Å². The molecule has 1 aliphatic carbocycles. The van der Waals surface area contributed by atoms with E-state index in [0.29, 0.717) is 12.1 Å². The molecule has 3 unspecified atom stereocenters. The highest BCUT2D eigenvalue weighted by atomic mass is 16.5. The van der Waals surface area contributed by atoms with E-state index in [9.17, 15) is 0 Å². The van der Waals surface area contributed by atoms with Crippen LogP contribution in [0, 0.1) is 5.92 Å². The van der Waals surface area contributed by atoms with Crippen molar-refractivity contribution >= 4 is 0 Å². The minimum absolute atomic E-state index is 0.321. The van der Waals surface area contributed by atoms with Gasteiger partial charge < -0.3 is 15.2 Å². The van der Waals surface area contributed by atoms with Crippen LogP contribution in [0.25, 0.3) is 0 Å². The minimum atomic E-state index is 0.321. The molecule has 0 radical (unpaired) electrons. The molecule has 1 rings (SSSR count). The Bertz CT molecular complexity index is 226. The van der Waals surface area contributed by atoms with E-state index in [4.69, 9.17) is 15.2 Å². The molecule has 0 aromatic rings. The number of hydrogen-bond acceptors (Lipinski definition) is 4. The van der Waals surface area contributed by atoms with E-state index in [1.807, 2.05) is 0 Å². The Morgan fingerprint density at radius 2 is 1.84 bits per heavy atom. The quantitative estimate of drug-likeness (QED) is 0.651. The van der Waals surface area contributed by atoms with Gasteiger partial charge in [0, 0.05) is 46.0 Å². The maximum absolute atomic E-state index is 6.36. The second-order valence-corrected chi connectivity index (χ2v) is 5.69. The number of ether oxygens (including phenoxy) is 2. The van der Waals surface area contributed by atoms with Crippen molar-refractivity contribution in [3.63, 3.8) is 0 Å². The SMILES string of the molecule is CCC1CCC(N)C(N(CCCOC)CCOC)C1. The molecule has 3 atom stereocenters. The third-order valence-corrected chi connectivity index (χ3v) is 4.40. The first-order valence-electron chi connectivity index (χ1n) is 7.70. The number of nitrogens with zero attached hydrogens (tertiary/aromatic N) is 1. The topological polar surface area (TPSA) is 47.7 Å². The average molecular weight is 272 g/mol. The molecule has 19 heavy (non-hydrogen) atoms. The maximum Gasteiger partial charge on any atom is 0.0589 e. The van der Waals surface area contributed by atoms with Gasteiger partial charge in [-0.15, -0.1) is 0 Å². The Labute approximate surface area is 118 Å². The molecule has 0 aromatic carbocycles. The second kappa shape index (κ2) is 9.70. The van der Waals surface area contributed by atoms with E-state index in [0.717, 1.165) is 45.1 Å². The van der Waals surface area contributed by atoms with Gasteiger partial charge in [-0.25, -0.2) is 0 Å². The van der Waals surface area contributed by atoms with Gasteiger partial charge in [0.25, 0.3) is 0 Å². The molecule has 0 spiro atoms. The summed E-state index contributed by atoms with van der Waals surface area (Å²) in [5.41, 5.74) is 6.36. The highest BCUT2D eigenvalue weighted by molar-refractivity contribution is 4.89. The van der Waals surface area contributed by atoms with Gasteiger partial charge in [-0.3, -0.25) is 4.90 Å². The van der Waals surface area contributed by atoms with Crippen molar-refractivity contribution in [3.8, 4) is 0 Å². The summed E-state index contributed by atoms with van der Waals surface area (Å²) in [6.07, 6.45) is 6.05. The molecule has 1 aliphatic rings. The molecule has 2 N–H and O–H groups in total. The summed E-state index contributed by atoms with van der Waals surface area (Å²) < 4.78 is 10.4. The van der Waals surface area contributed by atoms with Gasteiger partial charge in [0.1, 0.15) is 0 Å². The monoisotopic (exact) mass is 272 g/mol. The molecule has 4 nitrogen and oxygen atoms in total. The zero-order chi connectivity index (χ0) is 14.1. The number of hydrogen-bond donors (Lipinski definition) is 1. The van der Waals surface area contributed by atoms with Crippen LogP contribution in [0.1, 0.15) is 39.0 Å². The zero-order valence-electron chi connectivity index (χ0n) is 12.9. The van der Waals surface area contributed by atoms with Crippen molar-refractivity contribution in [3.05, 3.63) is 0 Å². The summed E-state index contributed by atoms with van der Waals surface area (Å²) in [4.78, 5) is 2.52. The molecule has 1 fully saturated rings. The fourth-order valence-corrected chi connectivity index (χ4v) is 3.11. The molecule has 0 aromatic heterocycles. The second-order valence-electron chi connectivity index (χ2n) is 5.69. The van der Waals surface area contributed by atoms with Crippen LogP contribution in [0.4, 0.5) is 0 Å². The van der Waals surface area contributed by atoms with Crippen LogP contribution in [-0.2, 0) is 9.47 Å². The smallest absolute Gasteiger partial charge is 0.0589 e. The highest BCUT2D eigenvalue weighted by Crippen LogP contribution is 2.29. The van der Waals surface area contributed by atoms with E-state index in [1.165, 1.54) is 19.3 Å². The lowest BCUT2D eigenvalue weighted by Gasteiger charge is -2.41. The van der Waals surface area contributed by atoms with Gasteiger partial charge in [-0.2, -0.15) is 0 Å². The fraction of sp³-hybridized carbons (Fsp3) is 1.00. The molecular weight excluding hydrogens is 240 g/mol. The first-order valence-corrected chi connectivity index (χ1v) is 7.70. The summed E-state index contributed by atoms with van der Waals surface area (Å²) in [6.45, 7) is 5.94. The standard InChI is InChI=1S/C15H32N2O2/c1-4-13-6-7-14(16)15(12-13)17(9-11-19-3)8-5-10-18-2/h13-15H,4-12,16H2,1-3H3. The van der Waals surface area contributed by atoms with E-state index >= 15 is 0 Å². The Morgan fingerprint density at radius 1 is 1.11 bits per heavy atom. The number of methoxy groups -OCH3 is 2. The minimum Gasteiger partial charge on any atom is -0.385 e. The Kier molecular flexibility index (Phi) is 8.62. The number of nitrogens with two attached hydrogens (primary N) is 1. The van der Waals surface area contributed by atoms with Gasteiger partial charge in [0.2, 0.25) is 0 Å². The lowest BCUT2D eigenvalue weighted by Crippen LogP contribution is -2.52. The molecule has 0 amide bonds. The van der Waals surface area contributed by atoms with Gasteiger partial charge in [0.05, 0.1) is 6.61 Å². The maximum atomic E-state index is 6.36. The van der Waals surface area contributed by atoms with Crippen LogP contribution in [0.3, 0.4) is 0 Å². The van der Waals surface area contributed by atoms with Crippen molar-refractivity contribution in [2.45, 2.75) is 51.1 Å². The van der Waals surface area contributed by atoms with E-state index in [1.54, 1.807) is 14.2 Å². The first kappa shape index (κ1) is 16.9. The summed E-state index contributed by atoms with van der Waals surface area (Å²) in [5.74, 6) is 0.845. The van der Waals surface area contributed by atoms with E-state index < -0.39 is 0 Å². The molecule has 4 heteroatoms. The van der Waals surface area contributed by atoms with Gasteiger partial charge >= 0.3 is 0 Å². The third-order valence-electron chi connectivity index (χ3n) is 4.40. The van der Waals surface area contributed by atoms with E-state index in [-0.39, 0.29) is 0 Å². The fourth-order valence-electron chi connectivity index (χ4n) is 3.11. The predicted octanol–water partition coefficient (Wildman–Crippen LogP) is 1.88. The Balaban J connectivity index is 2.53. The van der Waals surface area contributed by atoms with Crippen LogP contribution in [0.15, 0.2) is 0 Å². The Morgan fingerprint density at radius 3 is 2.47 bits per heavy atom. The van der Waals surface area contributed by atoms with Crippen LogP contribution in [-0.4, -0.2) is 57.5 Å². The lowest BCUT2D eigenvalue weighted by molar-refractivity contribution is 0.0685. The van der Waals surface area contributed by atoms with Crippen LogP contribution in [0.2, 0.25) is 0 Å². The van der Waals surface area contributed by atoms with Crippen LogP contribution < -0.4 is 5.73 Å². The van der Waals surface area contributed by atoms with Crippen molar-refractivity contribution < 1.29 is 9.47 Å². The summed E-state index contributed by atoms with van der Waals surface area (Å²) in [7, 11) is 3.53. The van der Waals surface area contributed by atoms with Gasteiger partial charge in [0.15, 0.2) is 0 Å². The van der Waals surface area contributed by atoms with Crippen molar-refractivity contribution in [2.24, 2.45) is 11.7 Å². The van der Waals surface area contributed by atoms with Crippen LogP contribution >= 0.6 is 0 Å². The molecule has 0 aliphatic heterocycles. The first-order chi connectivity index (χ1) is 9.22. The highest BCUT2D eigenvalue weighted by Gasteiger charge is 2.31. The summed E-state index contributed by atoms with van der Waals surface area (Å²) in [5, 5.41) is 0. The van der Waals surface area contributed by atoms with Crippen LogP contribution in [0.5, 0.6) is 0 Å². The molecule has 0 heterocycles.